The first-order valence-corrected chi connectivity index (χ1v) is 7.17. The highest BCUT2D eigenvalue weighted by molar-refractivity contribution is 5.78. The van der Waals surface area contributed by atoms with Gasteiger partial charge in [-0.3, -0.25) is 4.79 Å². The maximum atomic E-state index is 12.3. The van der Waals surface area contributed by atoms with E-state index in [0.29, 0.717) is 18.9 Å². The monoisotopic (exact) mass is 256 g/mol. The smallest absolute Gasteiger partial charge is 0.225 e. The SMILES string of the molecule is CC(O)CCN(C)C(=O)C1CCCC(CCN)C1. The number of nitrogens with zero attached hydrogens (tertiary/aromatic N) is 1. The standard InChI is InChI=1S/C14H28N2O2/c1-11(17)7-9-16(2)14(18)13-5-3-4-12(10-13)6-8-15/h11-13,17H,3-10,15H2,1-2H3. The third kappa shape index (κ3) is 4.94. The maximum Gasteiger partial charge on any atom is 0.225 e. The molecule has 106 valence electrons. The first-order valence-electron chi connectivity index (χ1n) is 7.17. The average molecular weight is 256 g/mol. The minimum atomic E-state index is -0.336. The molecular formula is C14H28N2O2. The summed E-state index contributed by atoms with van der Waals surface area (Å²) >= 11 is 0. The van der Waals surface area contributed by atoms with Crippen LogP contribution in [0.3, 0.4) is 0 Å². The number of carbonyl (C=O) groups is 1. The molecule has 0 aromatic heterocycles. The van der Waals surface area contributed by atoms with Gasteiger partial charge in [0.05, 0.1) is 6.10 Å². The van der Waals surface area contributed by atoms with Crippen molar-refractivity contribution in [1.29, 1.82) is 0 Å². The van der Waals surface area contributed by atoms with Gasteiger partial charge in [0, 0.05) is 19.5 Å². The van der Waals surface area contributed by atoms with E-state index < -0.39 is 0 Å². The zero-order valence-electron chi connectivity index (χ0n) is 11.8. The molecule has 1 saturated carbocycles. The predicted molar refractivity (Wildman–Crippen MR) is 73.1 cm³/mol. The molecule has 0 aromatic rings. The Labute approximate surface area is 111 Å². The number of hydrogen-bond donors (Lipinski definition) is 2. The molecule has 0 heterocycles. The fourth-order valence-electron chi connectivity index (χ4n) is 2.82. The Balaban J connectivity index is 2.39. The van der Waals surface area contributed by atoms with Crippen molar-refractivity contribution in [1.82, 2.24) is 4.90 Å². The van der Waals surface area contributed by atoms with Gasteiger partial charge >= 0.3 is 0 Å². The summed E-state index contributed by atoms with van der Waals surface area (Å²) in [5.41, 5.74) is 5.60. The zero-order chi connectivity index (χ0) is 13.5. The number of aliphatic hydroxyl groups is 1. The molecule has 1 fully saturated rings. The van der Waals surface area contributed by atoms with Crippen LogP contribution in [0, 0.1) is 11.8 Å². The van der Waals surface area contributed by atoms with E-state index in [-0.39, 0.29) is 17.9 Å². The lowest BCUT2D eigenvalue weighted by Crippen LogP contribution is -2.37. The van der Waals surface area contributed by atoms with Gasteiger partial charge in [-0.05, 0) is 45.1 Å². The molecule has 1 rings (SSSR count). The molecule has 4 heteroatoms. The molecule has 1 amide bonds. The molecule has 1 aliphatic rings. The second kappa shape index (κ2) is 7.74. The van der Waals surface area contributed by atoms with Crippen LogP contribution in [-0.2, 0) is 4.79 Å². The quantitative estimate of drug-likeness (QED) is 0.754. The van der Waals surface area contributed by atoms with Crippen LogP contribution in [0.15, 0.2) is 0 Å². The van der Waals surface area contributed by atoms with E-state index in [1.807, 2.05) is 7.05 Å². The number of nitrogens with two attached hydrogens (primary N) is 1. The summed E-state index contributed by atoms with van der Waals surface area (Å²) in [4.78, 5) is 14.1. The summed E-state index contributed by atoms with van der Waals surface area (Å²) in [5.74, 6) is 1.05. The van der Waals surface area contributed by atoms with E-state index in [1.54, 1.807) is 11.8 Å². The Morgan fingerprint density at radius 2 is 2.22 bits per heavy atom. The average Bonchev–Trinajstić information content (AvgIpc) is 2.35. The molecule has 0 spiro atoms. The zero-order valence-corrected chi connectivity index (χ0v) is 11.8. The Morgan fingerprint density at radius 3 is 2.83 bits per heavy atom. The van der Waals surface area contributed by atoms with Crippen molar-refractivity contribution < 1.29 is 9.90 Å². The van der Waals surface area contributed by atoms with Gasteiger partial charge in [0.2, 0.25) is 5.91 Å². The molecule has 18 heavy (non-hydrogen) atoms. The number of hydrogen-bond acceptors (Lipinski definition) is 3. The highest BCUT2D eigenvalue weighted by Gasteiger charge is 2.28. The molecular weight excluding hydrogens is 228 g/mol. The van der Waals surface area contributed by atoms with Gasteiger partial charge in [-0.15, -0.1) is 0 Å². The van der Waals surface area contributed by atoms with Crippen LogP contribution in [0.25, 0.3) is 0 Å². The Bertz CT molecular complexity index is 254. The highest BCUT2D eigenvalue weighted by Crippen LogP contribution is 2.31. The summed E-state index contributed by atoms with van der Waals surface area (Å²) in [6.07, 6.45) is 5.73. The lowest BCUT2D eigenvalue weighted by Gasteiger charge is -2.31. The van der Waals surface area contributed by atoms with Gasteiger partial charge in [-0.2, -0.15) is 0 Å². The van der Waals surface area contributed by atoms with Crippen LogP contribution >= 0.6 is 0 Å². The molecule has 0 bridgehead atoms. The number of rotatable bonds is 6. The first-order chi connectivity index (χ1) is 8.54. The second-order valence-electron chi connectivity index (χ2n) is 5.70. The van der Waals surface area contributed by atoms with E-state index >= 15 is 0 Å². The highest BCUT2D eigenvalue weighted by atomic mass is 16.3. The first kappa shape index (κ1) is 15.4. The summed E-state index contributed by atoms with van der Waals surface area (Å²) in [5, 5.41) is 9.25. The van der Waals surface area contributed by atoms with Crippen molar-refractivity contribution in [2.24, 2.45) is 17.6 Å². The van der Waals surface area contributed by atoms with E-state index in [2.05, 4.69) is 0 Å². The minimum absolute atomic E-state index is 0.175. The Morgan fingerprint density at radius 1 is 1.50 bits per heavy atom. The molecule has 0 saturated heterocycles. The largest absolute Gasteiger partial charge is 0.393 e. The van der Waals surface area contributed by atoms with Crippen LogP contribution in [0.2, 0.25) is 0 Å². The molecule has 1 aliphatic carbocycles. The lowest BCUT2D eigenvalue weighted by atomic mass is 9.79. The third-order valence-electron chi connectivity index (χ3n) is 3.97. The number of carbonyl (C=O) groups excluding carboxylic acids is 1. The van der Waals surface area contributed by atoms with Crippen LogP contribution in [0.1, 0.15) is 45.4 Å². The minimum Gasteiger partial charge on any atom is -0.393 e. The van der Waals surface area contributed by atoms with Gasteiger partial charge in [0.25, 0.3) is 0 Å². The number of amides is 1. The normalized spacial score (nSPS) is 25.8. The van der Waals surface area contributed by atoms with Crippen LogP contribution < -0.4 is 5.73 Å². The van der Waals surface area contributed by atoms with E-state index in [4.69, 9.17) is 5.73 Å². The van der Waals surface area contributed by atoms with Crippen molar-refractivity contribution in [3.8, 4) is 0 Å². The molecule has 4 nitrogen and oxygen atoms in total. The molecule has 0 radical (unpaired) electrons. The Hall–Kier alpha value is -0.610. The van der Waals surface area contributed by atoms with E-state index in [9.17, 15) is 9.90 Å². The van der Waals surface area contributed by atoms with Gasteiger partial charge in [0.15, 0.2) is 0 Å². The molecule has 3 N–H and O–H groups in total. The fourth-order valence-corrected chi connectivity index (χ4v) is 2.82. The topological polar surface area (TPSA) is 66.6 Å². The Kier molecular flexibility index (Phi) is 6.65. The van der Waals surface area contributed by atoms with Crippen LogP contribution in [-0.4, -0.2) is 42.2 Å². The van der Waals surface area contributed by atoms with Crippen LogP contribution in [0.4, 0.5) is 0 Å². The van der Waals surface area contributed by atoms with Gasteiger partial charge in [-0.25, -0.2) is 0 Å². The molecule has 0 aromatic carbocycles. The summed E-state index contributed by atoms with van der Waals surface area (Å²) in [7, 11) is 1.84. The van der Waals surface area contributed by atoms with Crippen molar-refractivity contribution in [3.63, 3.8) is 0 Å². The lowest BCUT2D eigenvalue weighted by molar-refractivity contribution is -0.136. The predicted octanol–water partition coefficient (Wildman–Crippen LogP) is 1.37. The fraction of sp³-hybridized carbons (Fsp3) is 0.929. The van der Waals surface area contributed by atoms with E-state index in [1.165, 1.54) is 6.42 Å². The van der Waals surface area contributed by atoms with Gasteiger partial charge < -0.3 is 15.7 Å². The summed E-state index contributed by atoms with van der Waals surface area (Å²) < 4.78 is 0. The van der Waals surface area contributed by atoms with Crippen LogP contribution in [0.5, 0.6) is 0 Å². The van der Waals surface area contributed by atoms with Crippen molar-refractivity contribution in [3.05, 3.63) is 0 Å². The van der Waals surface area contributed by atoms with Crippen molar-refractivity contribution in [2.45, 2.75) is 51.6 Å². The van der Waals surface area contributed by atoms with Gasteiger partial charge in [0.1, 0.15) is 0 Å². The third-order valence-corrected chi connectivity index (χ3v) is 3.97. The van der Waals surface area contributed by atoms with Gasteiger partial charge in [-0.1, -0.05) is 12.8 Å². The maximum absolute atomic E-state index is 12.3. The number of aliphatic hydroxyl groups excluding tert-OH is 1. The van der Waals surface area contributed by atoms with Crippen molar-refractivity contribution in [2.75, 3.05) is 20.1 Å². The second-order valence-corrected chi connectivity index (χ2v) is 5.70. The molecule has 0 aliphatic heterocycles. The van der Waals surface area contributed by atoms with E-state index in [0.717, 1.165) is 32.2 Å². The summed E-state index contributed by atoms with van der Waals surface area (Å²) in [6.45, 7) is 3.13. The molecule has 3 unspecified atom stereocenters. The molecule has 3 atom stereocenters. The van der Waals surface area contributed by atoms with Crippen molar-refractivity contribution >= 4 is 5.91 Å². The summed E-state index contributed by atoms with van der Waals surface area (Å²) in [6, 6.07) is 0.